The fourth-order valence-corrected chi connectivity index (χ4v) is 1.99. The maximum absolute atomic E-state index is 12.0. The lowest BCUT2D eigenvalue weighted by Gasteiger charge is -2.08. The number of benzene rings is 2. The predicted molar refractivity (Wildman–Crippen MR) is 75.6 cm³/mol. The van der Waals surface area contributed by atoms with Gasteiger partial charge in [0.2, 0.25) is 0 Å². The number of hydrogen-bond donors (Lipinski definition) is 1. The molecule has 0 saturated carbocycles. The summed E-state index contributed by atoms with van der Waals surface area (Å²) in [7, 11) is 0. The van der Waals surface area contributed by atoms with E-state index in [0.717, 1.165) is 11.3 Å². The average Bonchev–Trinajstić information content (AvgIpc) is 2.32. The first-order valence-electron chi connectivity index (χ1n) is 5.40. The van der Waals surface area contributed by atoms with Crippen LogP contribution < -0.4 is 5.32 Å². The van der Waals surface area contributed by atoms with Gasteiger partial charge in [0, 0.05) is 5.69 Å². The van der Waals surface area contributed by atoms with Gasteiger partial charge in [-0.15, -0.1) is 0 Å². The first-order valence-corrected chi connectivity index (χ1v) is 6.15. The highest BCUT2D eigenvalue weighted by Crippen LogP contribution is 2.26. The Bertz CT molecular complexity index is 596. The van der Waals surface area contributed by atoms with Crippen molar-refractivity contribution in [1.82, 2.24) is 0 Å². The van der Waals surface area contributed by atoms with Crippen molar-refractivity contribution < 1.29 is 4.79 Å². The Morgan fingerprint density at radius 2 is 1.83 bits per heavy atom. The van der Waals surface area contributed by atoms with E-state index in [2.05, 4.69) is 5.32 Å². The normalized spacial score (nSPS) is 10.2. The lowest BCUT2D eigenvalue weighted by atomic mass is 10.2. The van der Waals surface area contributed by atoms with Crippen LogP contribution in [-0.4, -0.2) is 5.91 Å². The molecule has 1 amide bonds. The van der Waals surface area contributed by atoms with Gasteiger partial charge < -0.3 is 5.32 Å². The van der Waals surface area contributed by atoms with E-state index in [1.807, 2.05) is 31.2 Å². The summed E-state index contributed by atoms with van der Waals surface area (Å²) in [6.07, 6.45) is 0. The molecular formula is C14H11Cl2NO. The molecule has 1 N–H and O–H groups in total. The quantitative estimate of drug-likeness (QED) is 0.858. The summed E-state index contributed by atoms with van der Waals surface area (Å²) in [5.74, 6) is -0.270. The Morgan fingerprint density at radius 3 is 2.56 bits per heavy atom. The molecule has 92 valence electrons. The number of aryl methyl sites for hydroxylation is 1. The van der Waals surface area contributed by atoms with Gasteiger partial charge in [-0.25, -0.2) is 0 Å². The summed E-state index contributed by atoms with van der Waals surface area (Å²) in [6.45, 7) is 1.96. The van der Waals surface area contributed by atoms with Crippen molar-refractivity contribution in [3.8, 4) is 0 Å². The monoisotopic (exact) mass is 279 g/mol. The Morgan fingerprint density at radius 1 is 1.11 bits per heavy atom. The minimum atomic E-state index is -0.270. The average molecular weight is 280 g/mol. The molecule has 0 aliphatic heterocycles. The van der Waals surface area contributed by atoms with Crippen molar-refractivity contribution in [3.63, 3.8) is 0 Å². The molecule has 0 unspecified atom stereocenters. The van der Waals surface area contributed by atoms with Crippen LogP contribution in [0.15, 0.2) is 42.5 Å². The molecule has 0 aliphatic rings. The topological polar surface area (TPSA) is 29.1 Å². The number of rotatable bonds is 2. The number of carbonyl (C=O) groups is 1. The number of anilines is 1. The highest BCUT2D eigenvalue weighted by atomic mass is 35.5. The van der Waals surface area contributed by atoms with Gasteiger partial charge in [-0.2, -0.15) is 0 Å². The smallest absolute Gasteiger partial charge is 0.257 e. The summed E-state index contributed by atoms with van der Waals surface area (Å²) in [4.78, 5) is 12.0. The highest BCUT2D eigenvalue weighted by Gasteiger charge is 2.12. The van der Waals surface area contributed by atoms with Crippen molar-refractivity contribution in [2.75, 3.05) is 5.32 Å². The zero-order chi connectivity index (χ0) is 13.1. The van der Waals surface area contributed by atoms with Crippen LogP contribution in [0.2, 0.25) is 10.0 Å². The lowest BCUT2D eigenvalue weighted by molar-refractivity contribution is 0.102. The van der Waals surface area contributed by atoms with Gasteiger partial charge in [0.15, 0.2) is 0 Å². The zero-order valence-electron chi connectivity index (χ0n) is 9.71. The first kappa shape index (κ1) is 12.9. The van der Waals surface area contributed by atoms with E-state index < -0.39 is 0 Å². The third-order valence-corrected chi connectivity index (χ3v) is 3.29. The fraction of sp³-hybridized carbons (Fsp3) is 0.0714. The van der Waals surface area contributed by atoms with Gasteiger partial charge in [0.25, 0.3) is 5.91 Å². The molecule has 0 heterocycles. The zero-order valence-corrected chi connectivity index (χ0v) is 11.2. The van der Waals surface area contributed by atoms with Gasteiger partial charge in [-0.1, -0.05) is 41.4 Å². The maximum atomic E-state index is 12.0. The molecule has 2 rings (SSSR count). The maximum Gasteiger partial charge on any atom is 0.257 e. The molecule has 2 nitrogen and oxygen atoms in total. The van der Waals surface area contributed by atoms with E-state index in [1.54, 1.807) is 18.2 Å². The third-order valence-electron chi connectivity index (χ3n) is 2.47. The summed E-state index contributed by atoms with van der Waals surface area (Å²) in [5, 5.41) is 3.42. The molecule has 0 saturated heterocycles. The molecule has 0 atom stereocenters. The number of halogens is 2. The second kappa shape index (κ2) is 5.42. The molecule has 2 aromatic rings. The Kier molecular flexibility index (Phi) is 3.90. The molecule has 0 fully saturated rings. The molecule has 0 spiro atoms. The van der Waals surface area contributed by atoms with Crippen molar-refractivity contribution >= 4 is 34.8 Å². The van der Waals surface area contributed by atoms with E-state index in [4.69, 9.17) is 23.2 Å². The van der Waals surface area contributed by atoms with E-state index in [0.29, 0.717) is 10.6 Å². The standard InChI is InChI=1S/C14H11Cl2NO/c1-9-4-2-5-10(8-9)17-14(18)11-6-3-7-12(15)13(11)16/h2-8H,1H3,(H,17,18). The fourth-order valence-electron chi connectivity index (χ4n) is 1.60. The van der Waals surface area contributed by atoms with Crippen LogP contribution in [-0.2, 0) is 0 Å². The highest BCUT2D eigenvalue weighted by molar-refractivity contribution is 6.44. The van der Waals surface area contributed by atoms with Gasteiger partial charge in [-0.05, 0) is 36.8 Å². The van der Waals surface area contributed by atoms with E-state index in [9.17, 15) is 4.79 Å². The Labute approximate surface area is 116 Å². The van der Waals surface area contributed by atoms with Crippen LogP contribution in [0.1, 0.15) is 15.9 Å². The van der Waals surface area contributed by atoms with Crippen LogP contribution in [0.25, 0.3) is 0 Å². The largest absolute Gasteiger partial charge is 0.322 e. The van der Waals surface area contributed by atoms with E-state index in [-0.39, 0.29) is 10.9 Å². The summed E-state index contributed by atoms with van der Waals surface area (Å²) < 4.78 is 0. The number of amides is 1. The van der Waals surface area contributed by atoms with Crippen LogP contribution >= 0.6 is 23.2 Å². The Balaban J connectivity index is 2.25. The van der Waals surface area contributed by atoms with Gasteiger partial charge in [0.05, 0.1) is 15.6 Å². The van der Waals surface area contributed by atoms with Crippen molar-refractivity contribution in [2.24, 2.45) is 0 Å². The van der Waals surface area contributed by atoms with Crippen LogP contribution in [0, 0.1) is 6.92 Å². The molecule has 18 heavy (non-hydrogen) atoms. The van der Waals surface area contributed by atoms with E-state index >= 15 is 0 Å². The van der Waals surface area contributed by atoms with Gasteiger partial charge in [0.1, 0.15) is 0 Å². The molecule has 4 heteroatoms. The molecule has 0 aliphatic carbocycles. The van der Waals surface area contributed by atoms with Crippen LogP contribution in [0.3, 0.4) is 0 Å². The second-order valence-corrected chi connectivity index (χ2v) is 4.71. The summed E-state index contributed by atoms with van der Waals surface area (Å²) >= 11 is 11.9. The molecular weight excluding hydrogens is 269 g/mol. The van der Waals surface area contributed by atoms with E-state index in [1.165, 1.54) is 0 Å². The number of carbonyl (C=O) groups excluding carboxylic acids is 1. The lowest BCUT2D eigenvalue weighted by Crippen LogP contribution is -2.12. The third kappa shape index (κ3) is 2.84. The van der Waals surface area contributed by atoms with Gasteiger partial charge in [-0.3, -0.25) is 4.79 Å². The molecule has 0 aromatic heterocycles. The predicted octanol–water partition coefficient (Wildman–Crippen LogP) is 4.55. The summed E-state index contributed by atoms with van der Waals surface area (Å²) in [5.41, 5.74) is 2.17. The minimum Gasteiger partial charge on any atom is -0.322 e. The minimum absolute atomic E-state index is 0.268. The Hall–Kier alpha value is -1.51. The summed E-state index contributed by atoms with van der Waals surface area (Å²) in [6, 6.07) is 12.5. The molecule has 2 aromatic carbocycles. The SMILES string of the molecule is Cc1cccc(NC(=O)c2cccc(Cl)c2Cl)c1. The number of nitrogens with one attached hydrogen (secondary N) is 1. The van der Waals surface area contributed by atoms with Crippen molar-refractivity contribution in [2.45, 2.75) is 6.92 Å². The first-order chi connectivity index (χ1) is 8.58. The van der Waals surface area contributed by atoms with Crippen LogP contribution in [0.5, 0.6) is 0 Å². The molecule has 0 bridgehead atoms. The van der Waals surface area contributed by atoms with Crippen molar-refractivity contribution in [1.29, 1.82) is 0 Å². The van der Waals surface area contributed by atoms with Crippen molar-refractivity contribution in [3.05, 3.63) is 63.6 Å². The number of hydrogen-bond acceptors (Lipinski definition) is 1. The van der Waals surface area contributed by atoms with Crippen LogP contribution in [0.4, 0.5) is 5.69 Å². The second-order valence-electron chi connectivity index (χ2n) is 3.92. The molecule has 0 radical (unpaired) electrons. The van der Waals surface area contributed by atoms with Gasteiger partial charge >= 0.3 is 0 Å².